The van der Waals surface area contributed by atoms with E-state index in [0.29, 0.717) is 50.5 Å². The van der Waals surface area contributed by atoms with Crippen LogP contribution in [-0.4, -0.2) is 54.5 Å². The van der Waals surface area contributed by atoms with Gasteiger partial charge in [0.2, 0.25) is 11.2 Å². The lowest BCUT2D eigenvalue weighted by molar-refractivity contribution is -0.159. The predicted octanol–water partition coefficient (Wildman–Crippen LogP) is 2.84. The van der Waals surface area contributed by atoms with Crippen LogP contribution in [0.25, 0.3) is 0 Å². The Morgan fingerprint density at radius 2 is 1.82 bits per heavy atom. The minimum Gasteiger partial charge on any atom is -0.482 e. The molecule has 0 saturated carbocycles. The number of benzene rings is 1. The first kappa shape index (κ1) is 25.3. The van der Waals surface area contributed by atoms with E-state index in [0.717, 1.165) is 12.1 Å². The van der Waals surface area contributed by atoms with Crippen LogP contribution in [0.5, 0.6) is 5.75 Å². The van der Waals surface area contributed by atoms with Gasteiger partial charge in [0.05, 0.1) is 18.7 Å². The molecule has 0 radical (unpaired) electrons. The molecule has 1 amide bonds. The summed E-state index contributed by atoms with van der Waals surface area (Å²) in [6.45, 7) is 3.91. The number of alkyl halides is 3. The molecule has 0 aliphatic carbocycles. The molecule has 0 spiro atoms. The topological polar surface area (TPSA) is 89.3 Å². The van der Waals surface area contributed by atoms with Crippen LogP contribution < -0.4 is 10.2 Å². The summed E-state index contributed by atoms with van der Waals surface area (Å²) in [5.41, 5.74) is -0.702. The van der Waals surface area contributed by atoms with E-state index in [1.165, 1.54) is 29.4 Å². The van der Waals surface area contributed by atoms with E-state index in [9.17, 15) is 27.6 Å². The molecule has 8 nitrogen and oxygen atoms in total. The van der Waals surface area contributed by atoms with Gasteiger partial charge in [-0.05, 0) is 31.0 Å². The first-order valence-corrected chi connectivity index (χ1v) is 10.8. The molecule has 1 aromatic carbocycles. The van der Waals surface area contributed by atoms with Gasteiger partial charge < -0.3 is 18.8 Å². The second-order valence-corrected chi connectivity index (χ2v) is 7.70. The van der Waals surface area contributed by atoms with Crippen molar-refractivity contribution in [3.05, 3.63) is 63.7 Å². The summed E-state index contributed by atoms with van der Waals surface area (Å²) >= 11 is 0. The maximum atomic E-state index is 12.6. The molecule has 1 aliphatic rings. The summed E-state index contributed by atoms with van der Waals surface area (Å²) in [5.74, 6) is -1.18. The highest BCUT2D eigenvalue weighted by atomic mass is 19.4. The Hall–Kier alpha value is -3.34. The van der Waals surface area contributed by atoms with Gasteiger partial charge in [0.15, 0.2) is 0 Å². The molecule has 1 aliphatic heterocycles. The maximum Gasteiger partial charge on any atom is 0.416 e. The fourth-order valence-electron chi connectivity index (χ4n) is 3.45. The van der Waals surface area contributed by atoms with E-state index in [2.05, 4.69) is 0 Å². The number of ether oxygens (including phenoxy) is 2. The van der Waals surface area contributed by atoms with Crippen molar-refractivity contribution in [1.82, 2.24) is 9.80 Å². The molecular formula is C23H25F3N2O6. The zero-order valence-electron chi connectivity index (χ0n) is 18.6. The molecular weight excluding hydrogens is 457 g/mol. The van der Waals surface area contributed by atoms with Crippen molar-refractivity contribution in [2.75, 3.05) is 32.8 Å². The number of halogens is 3. The molecule has 1 saturated heterocycles. The fourth-order valence-corrected chi connectivity index (χ4v) is 3.45. The number of nitrogens with zero attached hydrogens (tertiary/aromatic N) is 2. The maximum absolute atomic E-state index is 12.6. The lowest BCUT2D eigenvalue weighted by atomic mass is 10.1. The Kier molecular flexibility index (Phi) is 8.32. The van der Waals surface area contributed by atoms with Gasteiger partial charge in [0.1, 0.15) is 18.6 Å². The smallest absolute Gasteiger partial charge is 0.416 e. The van der Waals surface area contributed by atoms with Crippen LogP contribution in [-0.2, 0) is 33.7 Å². The predicted molar refractivity (Wildman–Crippen MR) is 114 cm³/mol. The van der Waals surface area contributed by atoms with Gasteiger partial charge in [0.25, 0.3) is 0 Å². The molecule has 0 N–H and O–H groups in total. The standard InChI is InChI=1S/C23H25F3N2O6/c1-2-32-22(31)21(30)28-9-3-8-27(10-11-28)13-18-12-19(29)20(15-33-18)34-14-16-4-6-17(7-5-16)23(24,25)26/h4-7,12,15H,2-3,8-11,13-14H2,1H3. The molecule has 1 aromatic heterocycles. The first-order chi connectivity index (χ1) is 16.2. The minimum absolute atomic E-state index is 0.0503. The van der Waals surface area contributed by atoms with Crippen LogP contribution in [0.1, 0.15) is 30.2 Å². The van der Waals surface area contributed by atoms with Gasteiger partial charge in [0, 0.05) is 32.2 Å². The molecule has 2 heterocycles. The van der Waals surface area contributed by atoms with E-state index >= 15 is 0 Å². The number of rotatable bonds is 6. The van der Waals surface area contributed by atoms with Gasteiger partial charge in [-0.2, -0.15) is 13.2 Å². The Morgan fingerprint density at radius 3 is 2.47 bits per heavy atom. The SMILES string of the molecule is CCOC(=O)C(=O)N1CCCN(Cc2cc(=O)c(OCc3ccc(C(F)(F)F)cc3)co2)CC1. The fraction of sp³-hybridized carbons (Fsp3) is 0.435. The van der Waals surface area contributed by atoms with Gasteiger partial charge in [-0.1, -0.05) is 12.1 Å². The highest BCUT2D eigenvalue weighted by Gasteiger charge is 2.30. The van der Waals surface area contributed by atoms with Crippen molar-refractivity contribution in [1.29, 1.82) is 0 Å². The third-order valence-electron chi connectivity index (χ3n) is 5.23. The monoisotopic (exact) mass is 482 g/mol. The summed E-state index contributed by atoms with van der Waals surface area (Å²) in [5, 5.41) is 0. The highest BCUT2D eigenvalue weighted by molar-refractivity contribution is 6.32. The van der Waals surface area contributed by atoms with Gasteiger partial charge in [-0.15, -0.1) is 0 Å². The van der Waals surface area contributed by atoms with E-state index in [-0.39, 0.29) is 19.0 Å². The molecule has 11 heteroatoms. The van der Waals surface area contributed by atoms with Crippen LogP contribution in [0, 0.1) is 0 Å². The van der Waals surface area contributed by atoms with Crippen molar-refractivity contribution in [3.63, 3.8) is 0 Å². The highest BCUT2D eigenvalue weighted by Crippen LogP contribution is 2.29. The lowest BCUT2D eigenvalue weighted by Crippen LogP contribution is -2.40. The average Bonchev–Trinajstić information content (AvgIpc) is 3.03. The average molecular weight is 482 g/mol. The van der Waals surface area contributed by atoms with Crippen molar-refractivity contribution in [2.24, 2.45) is 0 Å². The van der Waals surface area contributed by atoms with Gasteiger partial charge in [-0.25, -0.2) is 4.79 Å². The molecule has 34 heavy (non-hydrogen) atoms. The number of hydrogen-bond acceptors (Lipinski definition) is 7. The van der Waals surface area contributed by atoms with E-state index in [1.807, 2.05) is 4.90 Å². The Labute approximate surface area is 193 Å². The van der Waals surface area contributed by atoms with E-state index in [4.69, 9.17) is 13.9 Å². The van der Waals surface area contributed by atoms with Gasteiger partial charge >= 0.3 is 18.1 Å². The molecule has 184 valence electrons. The summed E-state index contributed by atoms with van der Waals surface area (Å²) in [4.78, 5) is 39.6. The quantitative estimate of drug-likeness (QED) is 0.462. The molecule has 0 bridgehead atoms. The van der Waals surface area contributed by atoms with Crippen LogP contribution in [0.15, 0.2) is 45.8 Å². The summed E-state index contributed by atoms with van der Waals surface area (Å²) in [7, 11) is 0. The van der Waals surface area contributed by atoms with Crippen molar-refractivity contribution in [2.45, 2.75) is 32.7 Å². The number of hydrogen-bond donors (Lipinski definition) is 0. The minimum atomic E-state index is -4.42. The van der Waals surface area contributed by atoms with Crippen LogP contribution in [0.2, 0.25) is 0 Å². The van der Waals surface area contributed by atoms with Crippen LogP contribution >= 0.6 is 0 Å². The molecule has 0 unspecified atom stereocenters. The Bertz CT molecular complexity index is 1050. The van der Waals surface area contributed by atoms with Crippen molar-refractivity contribution in [3.8, 4) is 5.75 Å². The number of esters is 1. The van der Waals surface area contributed by atoms with E-state index in [1.54, 1.807) is 6.92 Å². The third kappa shape index (κ3) is 6.83. The number of carbonyl (C=O) groups is 2. The Morgan fingerprint density at radius 1 is 1.09 bits per heavy atom. The largest absolute Gasteiger partial charge is 0.482 e. The zero-order valence-corrected chi connectivity index (χ0v) is 18.6. The first-order valence-electron chi connectivity index (χ1n) is 10.8. The van der Waals surface area contributed by atoms with Crippen molar-refractivity contribution >= 4 is 11.9 Å². The van der Waals surface area contributed by atoms with E-state index < -0.39 is 29.0 Å². The molecule has 2 aromatic rings. The molecule has 0 atom stereocenters. The molecule has 3 rings (SSSR count). The lowest BCUT2D eigenvalue weighted by Gasteiger charge is -2.20. The number of amides is 1. The normalized spacial score (nSPS) is 15.0. The second kappa shape index (κ2) is 11.2. The zero-order chi connectivity index (χ0) is 24.7. The van der Waals surface area contributed by atoms with Crippen LogP contribution in [0.3, 0.4) is 0 Å². The number of carbonyl (C=O) groups excluding carboxylic acids is 2. The second-order valence-electron chi connectivity index (χ2n) is 7.70. The van der Waals surface area contributed by atoms with Crippen LogP contribution in [0.4, 0.5) is 13.2 Å². The van der Waals surface area contributed by atoms with Gasteiger partial charge in [-0.3, -0.25) is 14.5 Å². The summed E-state index contributed by atoms with van der Waals surface area (Å²) < 4.78 is 53.6. The third-order valence-corrected chi connectivity index (χ3v) is 5.23. The van der Waals surface area contributed by atoms with Crippen molar-refractivity contribution < 1.29 is 36.7 Å². The molecule has 1 fully saturated rings. The summed E-state index contributed by atoms with van der Waals surface area (Å²) in [6.07, 6.45) is -2.60. The summed E-state index contributed by atoms with van der Waals surface area (Å²) in [6, 6.07) is 5.77. The Balaban J connectivity index is 1.53.